The Hall–Kier alpha value is -4.01. The second-order valence-electron chi connectivity index (χ2n) is 9.26. The monoisotopic (exact) mass is 441 g/mol. The molecule has 9 heteroatoms. The van der Waals surface area contributed by atoms with Crippen molar-refractivity contribution in [2.45, 2.75) is 43.7 Å². The standard InChI is InChI=1S/C24H19N5O4/c30-20-16-3-1-2-4-17(16)21(31)28(20)12-15-11-27-10-14(13-5-6-13)9-18(19(27)25-15)29-23(33)26-22(32)24(29)7-8-24/h1-4,9-11,13H,5-8,12H2,(H,26,32,33). The Bertz CT molecular complexity index is 1400. The predicted molar refractivity (Wildman–Crippen MR) is 116 cm³/mol. The number of carbonyl (C=O) groups excluding carboxylic acids is 4. The number of nitrogens with zero attached hydrogens (tertiary/aromatic N) is 4. The van der Waals surface area contributed by atoms with E-state index < -0.39 is 11.6 Å². The molecule has 33 heavy (non-hydrogen) atoms. The molecule has 9 nitrogen and oxygen atoms in total. The average Bonchev–Trinajstić information content (AvgIpc) is 3.72. The number of rotatable bonds is 4. The molecule has 5 amide bonds. The Kier molecular flexibility index (Phi) is 3.41. The lowest BCUT2D eigenvalue weighted by Crippen LogP contribution is -2.37. The number of hydrogen-bond acceptors (Lipinski definition) is 5. The first-order valence-electron chi connectivity index (χ1n) is 11.1. The molecule has 1 aromatic carbocycles. The third-order valence-electron chi connectivity index (χ3n) is 7.09. The number of aromatic nitrogens is 2. The minimum Gasteiger partial charge on any atom is -0.305 e. The SMILES string of the molecule is O=C1c2ccccc2C(=O)N1Cc1cn2cc(C3CC3)cc(N3C(=O)NC(=O)C34CC4)c2n1. The molecule has 0 atom stereocenters. The highest BCUT2D eigenvalue weighted by Crippen LogP contribution is 2.49. The number of anilines is 1. The molecular formula is C24H19N5O4. The quantitative estimate of drug-likeness (QED) is 0.495. The van der Waals surface area contributed by atoms with Gasteiger partial charge in [0.1, 0.15) is 5.54 Å². The molecule has 164 valence electrons. The lowest BCUT2D eigenvalue weighted by Gasteiger charge is -2.22. The van der Waals surface area contributed by atoms with Crippen LogP contribution in [-0.2, 0) is 11.3 Å². The molecule has 1 saturated heterocycles. The van der Waals surface area contributed by atoms with E-state index in [-0.39, 0.29) is 24.3 Å². The Morgan fingerprint density at radius 1 is 1.00 bits per heavy atom. The largest absolute Gasteiger partial charge is 0.329 e. The van der Waals surface area contributed by atoms with Gasteiger partial charge in [-0.05, 0) is 55.4 Å². The smallest absolute Gasteiger partial charge is 0.305 e. The molecule has 2 aliphatic carbocycles. The number of imidazole rings is 1. The van der Waals surface area contributed by atoms with Crippen molar-refractivity contribution in [3.8, 4) is 0 Å². The maximum Gasteiger partial charge on any atom is 0.329 e. The van der Waals surface area contributed by atoms with Gasteiger partial charge >= 0.3 is 6.03 Å². The summed E-state index contributed by atoms with van der Waals surface area (Å²) >= 11 is 0. The second-order valence-corrected chi connectivity index (χ2v) is 9.26. The van der Waals surface area contributed by atoms with Crippen LogP contribution in [0.2, 0.25) is 0 Å². The molecule has 1 N–H and O–H groups in total. The molecule has 3 fully saturated rings. The average molecular weight is 441 g/mol. The van der Waals surface area contributed by atoms with Crippen LogP contribution in [0, 0.1) is 0 Å². The van der Waals surface area contributed by atoms with Gasteiger partial charge in [-0.3, -0.25) is 29.5 Å². The number of amides is 5. The maximum atomic E-state index is 12.8. The fourth-order valence-corrected chi connectivity index (χ4v) is 5.05. The van der Waals surface area contributed by atoms with Gasteiger partial charge in [0.25, 0.3) is 17.7 Å². The number of urea groups is 1. The van der Waals surface area contributed by atoms with Crippen LogP contribution in [0.25, 0.3) is 5.65 Å². The van der Waals surface area contributed by atoms with Crippen LogP contribution in [0.4, 0.5) is 10.5 Å². The molecule has 2 aromatic heterocycles. The van der Waals surface area contributed by atoms with Crippen LogP contribution in [0.3, 0.4) is 0 Å². The fraction of sp³-hybridized carbons (Fsp3) is 0.292. The normalized spacial score (nSPS) is 20.8. The number of imide groups is 2. The zero-order valence-electron chi connectivity index (χ0n) is 17.6. The third-order valence-corrected chi connectivity index (χ3v) is 7.09. The van der Waals surface area contributed by atoms with E-state index in [2.05, 4.69) is 5.32 Å². The Balaban J connectivity index is 1.31. The van der Waals surface area contributed by atoms with Crippen LogP contribution in [0.5, 0.6) is 0 Å². The van der Waals surface area contributed by atoms with Crippen molar-refractivity contribution in [3.05, 3.63) is 65.1 Å². The Labute approximate surface area is 188 Å². The first kappa shape index (κ1) is 18.6. The van der Waals surface area contributed by atoms with Crippen molar-refractivity contribution in [3.63, 3.8) is 0 Å². The van der Waals surface area contributed by atoms with Crippen molar-refractivity contribution in [2.24, 2.45) is 0 Å². The minimum atomic E-state index is -0.825. The van der Waals surface area contributed by atoms with E-state index in [1.165, 1.54) is 4.90 Å². The lowest BCUT2D eigenvalue weighted by atomic mass is 10.1. The molecule has 2 saturated carbocycles. The van der Waals surface area contributed by atoms with Crippen molar-refractivity contribution in [1.29, 1.82) is 0 Å². The molecule has 0 unspecified atom stereocenters. The van der Waals surface area contributed by atoms with E-state index >= 15 is 0 Å². The van der Waals surface area contributed by atoms with Crippen molar-refractivity contribution in [1.82, 2.24) is 19.6 Å². The molecule has 7 rings (SSSR count). The summed E-state index contributed by atoms with van der Waals surface area (Å²) in [5, 5.41) is 2.45. The summed E-state index contributed by atoms with van der Waals surface area (Å²) in [6.07, 6.45) is 7.18. The van der Waals surface area contributed by atoms with Gasteiger partial charge in [-0.25, -0.2) is 9.78 Å². The van der Waals surface area contributed by atoms with Crippen LogP contribution in [0.15, 0.2) is 42.7 Å². The fourth-order valence-electron chi connectivity index (χ4n) is 5.05. The van der Waals surface area contributed by atoms with E-state index in [1.807, 2.05) is 16.7 Å². The summed E-state index contributed by atoms with van der Waals surface area (Å²) in [4.78, 5) is 58.2. The Morgan fingerprint density at radius 3 is 2.33 bits per heavy atom. The van der Waals surface area contributed by atoms with Crippen LogP contribution in [0.1, 0.15) is 63.6 Å². The zero-order valence-corrected chi connectivity index (χ0v) is 17.6. The van der Waals surface area contributed by atoms with Crippen LogP contribution in [-0.4, -0.2) is 43.6 Å². The van der Waals surface area contributed by atoms with Gasteiger partial charge in [-0.1, -0.05) is 12.1 Å². The summed E-state index contributed by atoms with van der Waals surface area (Å²) in [6.45, 7) is 0.0303. The first-order chi connectivity index (χ1) is 16.0. The summed E-state index contributed by atoms with van der Waals surface area (Å²) < 4.78 is 1.85. The number of carbonyl (C=O) groups is 4. The van der Waals surface area contributed by atoms with Crippen LogP contribution >= 0.6 is 0 Å². The van der Waals surface area contributed by atoms with E-state index in [0.29, 0.717) is 46.9 Å². The van der Waals surface area contributed by atoms with Gasteiger partial charge < -0.3 is 4.40 Å². The summed E-state index contributed by atoms with van der Waals surface area (Å²) in [5.74, 6) is -0.520. The van der Waals surface area contributed by atoms with E-state index in [0.717, 1.165) is 18.4 Å². The van der Waals surface area contributed by atoms with Crippen LogP contribution < -0.4 is 10.2 Å². The highest BCUT2D eigenvalue weighted by Gasteiger charge is 2.62. The zero-order chi connectivity index (χ0) is 22.5. The lowest BCUT2D eigenvalue weighted by molar-refractivity contribution is -0.120. The molecular weight excluding hydrogens is 422 g/mol. The number of fused-ring (bicyclic) bond motifs is 2. The van der Waals surface area contributed by atoms with Gasteiger partial charge in [0, 0.05) is 12.4 Å². The highest BCUT2D eigenvalue weighted by molar-refractivity contribution is 6.21. The summed E-state index contributed by atoms with van der Waals surface area (Å²) in [6, 6.07) is 8.30. The summed E-state index contributed by atoms with van der Waals surface area (Å²) in [7, 11) is 0. The van der Waals surface area contributed by atoms with Gasteiger partial charge in [0.2, 0.25) is 0 Å². The van der Waals surface area contributed by atoms with Gasteiger partial charge in [-0.15, -0.1) is 0 Å². The molecule has 0 radical (unpaired) electrons. The summed E-state index contributed by atoms with van der Waals surface area (Å²) in [5.41, 5.74) is 2.71. The van der Waals surface area contributed by atoms with Gasteiger partial charge in [0.05, 0.1) is 29.1 Å². The van der Waals surface area contributed by atoms with Crippen molar-refractivity contribution < 1.29 is 19.2 Å². The predicted octanol–water partition coefficient (Wildman–Crippen LogP) is 2.60. The van der Waals surface area contributed by atoms with Crippen molar-refractivity contribution in [2.75, 3.05) is 4.90 Å². The Morgan fingerprint density at radius 2 is 1.70 bits per heavy atom. The topological polar surface area (TPSA) is 104 Å². The second kappa shape index (κ2) is 6.06. The van der Waals surface area contributed by atoms with Gasteiger partial charge in [-0.2, -0.15) is 0 Å². The molecule has 0 bridgehead atoms. The first-order valence-corrected chi connectivity index (χ1v) is 11.1. The molecule has 3 aromatic rings. The van der Waals surface area contributed by atoms with E-state index in [9.17, 15) is 19.2 Å². The molecule has 2 aliphatic heterocycles. The maximum absolute atomic E-state index is 12.8. The third kappa shape index (κ3) is 2.50. The number of hydrogen-bond donors (Lipinski definition) is 1. The van der Waals surface area contributed by atoms with Gasteiger partial charge in [0.15, 0.2) is 5.65 Å². The number of benzene rings is 1. The van der Waals surface area contributed by atoms with E-state index in [1.54, 1.807) is 35.4 Å². The molecule has 4 heterocycles. The minimum absolute atomic E-state index is 0.0303. The molecule has 4 aliphatic rings. The molecule has 1 spiro atoms. The number of nitrogens with one attached hydrogen (secondary N) is 1. The number of pyridine rings is 1. The highest BCUT2D eigenvalue weighted by atomic mass is 16.2. The van der Waals surface area contributed by atoms with Crippen molar-refractivity contribution >= 4 is 35.1 Å². The van der Waals surface area contributed by atoms with E-state index in [4.69, 9.17) is 4.98 Å².